The van der Waals surface area contributed by atoms with Gasteiger partial charge in [0.1, 0.15) is 17.1 Å². The monoisotopic (exact) mass is 376 g/mol. The zero-order valence-electron chi connectivity index (χ0n) is 15.6. The molecule has 0 aliphatic heterocycles. The molecular weight excluding hydrogens is 356 g/mol. The Bertz CT molecular complexity index is 1220. The van der Waals surface area contributed by atoms with Gasteiger partial charge in [0.05, 0.1) is 18.8 Å². The van der Waals surface area contributed by atoms with Crippen LogP contribution in [0.3, 0.4) is 0 Å². The van der Waals surface area contributed by atoms with E-state index in [0.29, 0.717) is 24.3 Å². The van der Waals surface area contributed by atoms with E-state index in [1.54, 1.807) is 13.3 Å². The van der Waals surface area contributed by atoms with Gasteiger partial charge in [-0.1, -0.05) is 12.1 Å². The maximum absolute atomic E-state index is 12.0. The fraction of sp³-hybridized carbons (Fsp3) is 0.190. The average molecular weight is 376 g/mol. The highest BCUT2D eigenvalue weighted by Crippen LogP contribution is 2.26. The highest BCUT2D eigenvalue weighted by molar-refractivity contribution is 5.87. The molecule has 3 N–H and O–H groups in total. The molecule has 0 amide bonds. The molecule has 0 fully saturated rings. The molecule has 0 aliphatic carbocycles. The number of benzene rings is 2. The standard InChI is InChI=1S/C21H20N4O3/c1-12-8-15(10-14-11-23-25-17(12)14)24-19-18(20(26)21(19)27)22-7-6-13-4-3-5-16(9-13)28-2/h3-5,8-11,22,24H,6-7H2,1-2H3,(H,23,25). The predicted molar refractivity (Wildman–Crippen MR) is 111 cm³/mol. The van der Waals surface area contributed by atoms with Crippen LogP contribution in [0.15, 0.2) is 52.2 Å². The quantitative estimate of drug-likeness (QED) is 0.429. The number of nitrogens with zero attached hydrogens (tertiary/aromatic N) is 1. The zero-order valence-corrected chi connectivity index (χ0v) is 15.6. The van der Waals surface area contributed by atoms with Crippen LogP contribution < -0.4 is 26.2 Å². The van der Waals surface area contributed by atoms with Gasteiger partial charge in [-0.25, -0.2) is 0 Å². The number of hydrogen-bond acceptors (Lipinski definition) is 6. The van der Waals surface area contributed by atoms with Gasteiger partial charge in [0.2, 0.25) is 0 Å². The first-order chi connectivity index (χ1) is 13.6. The van der Waals surface area contributed by atoms with E-state index in [1.165, 1.54) is 0 Å². The highest BCUT2D eigenvalue weighted by Gasteiger charge is 2.21. The van der Waals surface area contributed by atoms with Gasteiger partial charge in [-0.2, -0.15) is 5.10 Å². The van der Waals surface area contributed by atoms with Gasteiger partial charge >= 0.3 is 0 Å². The number of methoxy groups -OCH3 is 1. The van der Waals surface area contributed by atoms with Gasteiger partial charge in [0.15, 0.2) is 0 Å². The van der Waals surface area contributed by atoms with Gasteiger partial charge in [-0.15, -0.1) is 0 Å². The molecule has 0 aliphatic rings. The van der Waals surface area contributed by atoms with Crippen LogP contribution in [0.1, 0.15) is 11.1 Å². The molecule has 1 aromatic heterocycles. The van der Waals surface area contributed by atoms with Gasteiger partial charge in [-0.3, -0.25) is 14.7 Å². The first kappa shape index (κ1) is 17.8. The SMILES string of the molecule is COc1cccc(CCNc2c(Nc3cc(C)c4[nH]ncc4c3)c(=O)c2=O)c1. The van der Waals surface area contributed by atoms with E-state index in [2.05, 4.69) is 20.8 Å². The summed E-state index contributed by atoms with van der Waals surface area (Å²) in [5.74, 6) is 0.791. The fourth-order valence-corrected chi connectivity index (χ4v) is 3.29. The molecule has 7 heteroatoms. The summed E-state index contributed by atoms with van der Waals surface area (Å²) < 4.78 is 5.22. The van der Waals surface area contributed by atoms with Crippen molar-refractivity contribution in [1.29, 1.82) is 0 Å². The molecule has 0 bridgehead atoms. The highest BCUT2D eigenvalue weighted by atomic mass is 16.5. The van der Waals surface area contributed by atoms with Crippen molar-refractivity contribution in [3.63, 3.8) is 0 Å². The molecule has 28 heavy (non-hydrogen) atoms. The maximum Gasteiger partial charge on any atom is 0.253 e. The molecule has 142 valence electrons. The third-order valence-electron chi connectivity index (χ3n) is 4.78. The fourth-order valence-electron chi connectivity index (χ4n) is 3.29. The topological polar surface area (TPSA) is 96.1 Å². The molecule has 4 aromatic rings. The molecule has 4 rings (SSSR count). The van der Waals surface area contributed by atoms with Crippen molar-refractivity contribution in [2.24, 2.45) is 0 Å². The molecule has 0 unspecified atom stereocenters. The molecule has 7 nitrogen and oxygen atoms in total. The van der Waals surface area contributed by atoms with Crippen LogP contribution in [-0.4, -0.2) is 23.9 Å². The summed E-state index contributed by atoms with van der Waals surface area (Å²) in [5, 5.41) is 14.1. The molecule has 0 atom stereocenters. The first-order valence-corrected chi connectivity index (χ1v) is 8.97. The number of aryl methyl sites for hydroxylation is 1. The molecular formula is C21H20N4O3. The van der Waals surface area contributed by atoms with Crippen molar-refractivity contribution in [2.45, 2.75) is 13.3 Å². The van der Waals surface area contributed by atoms with Crippen molar-refractivity contribution in [3.8, 4) is 5.75 Å². The lowest BCUT2D eigenvalue weighted by Gasteiger charge is -2.15. The lowest BCUT2D eigenvalue weighted by atomic mass is 10.1. The van der Waals surface area contributed by atoms with Crippen LogP contribution in [0.2, 0.25) is 0 Å². The van der Waals surface area contributed by atoms with E-state index in [0.717, 1.165) is 33.5 Å². The normalized spacial score (nSPS) is 11.1. The Labute approximate surface area is 161 Å². The number of nitrogens with one attached hydrogen (secondary N) is 3. The Kier molecular flexibility index (Phi) is 4.57. The van der Waals surface area contributed by atoms with Gasteiger partial charge in [0, 0.05) is 17.6 Å². The van der Waals surface area contributed by atoms with Crippen molar-refractivity contribution in [1.82, 2.24) is 10.2 Å². The Morgan fingerprint density at radius 1 is 1.11 bits per heavy atom. The summed E-state index contributed by atoms with van der Waals surface area (Å²) in [5.41, 5.74) is 3.42. The minimum absolute atomic E-state index is 0.304. The summed E-state index contributed by atoms with van der Waals surface area (Å²) in [6.07, 6.45) is 2.43. The third kappa shape index (κ3) is 3.22. The lowest BCUT2D eigenvalue weighted by Crippen LogP contribution is -2.37. The van der Waals surface area contributed by atoms with Crippen molar-refractivity contribution < 1.29 is 4.74 Å². The lowest BCUT2D eigenvalue weighted by molar-refractivity contribution is 0.414. The third-order valence-corrected chi connectivity index (χ3v) is 4.78. The number of aromatic nitrogens is 2. The van der Waals surface area contributed by atoms with Crippen molar-refractivity contribution in [3.05, 3.63) is 74.2 Å². The Balaban J connectivity index is 1.48. The Morgan fingerprint density at radius 2 is 1.93 bits per heavy atom. The second-order valence-corrected chi connectivity index (χ2v) is 6.69. The molecule has 1 heterocycles. The molecule has 0 radical (unpaired) electrons. The van der Waals surface area contributed by atoms with Crippen molar-refractivity contribution in [2.75, 3.05) is 24.3 Å². The van der Waals surface area contributed by atoms with Crippen LogP contribution in [0.25, 0.3) is 10.9 Å². The van der Waals surface area contributed by atoms with Gasteiger partial charge in [0.25, 0.3) is 10.9 Å². The minimum atomic E-state index is -0.506. The van der Waals surface area contributed by atoms with Crippen LogP contribution in [0.4, 0.5) is 17.1 Å². The number of anilines is 3. The van der Waals surface area contributed by atoms with E-state index >= 15 is 0 Å². The summed E-state index contributed by atoms with van der Waals surface area (Å²) in [7, 11) is 1.63. The molecule has 3 aromatic carbocycles. The summed E-state index contributed by atoms with van der Waals surface area (Å²) >= 11 is 0. The van der Waals surface area contributed by atoms with E-state index in [4.69, 9.17) is 4.74 Å². The van der Waals surface area contributed by atoms with Gasteiger partial charge < -0.3 is 15.4 Å². The average Bonchev–Trinajstić information content (AvgIpc) is 3.19. The number of fused-ring (bicyclic) bond motifs is 1. The van der Waals surface area contributed by atoms with E-state index in [-0.39, 0.29) is 0 Å². The molecule has 0 saturated carbocycles. The zero-order chi connectivity index (χ0) is 19.7. The van der Waals surface area contributed by atoms with Crippen LogP contribution in [-0.2, 0) is 6.42 Å². The second kappa shape index (κ2) is 7.19. The number of ether oxygens (including phenoxy) is 1. The predicted octanol–water partition coefficient (Wildman–Crippen LogP) is 2.87. The maximum atomic E-state index is 12.0. The Morgan fingerprint density at radius 3 is 2.75 bits per heavy atom. The van der Waals surface area contributed by atoms with E-state index in [1.807, 2.05) is 43.3 Å². The van der Waals surface area contributed by atoms with E-state index in [9.17, 15) is 9.59 Å². The summed E-state index contributed by atoms with van der Waals surface area (Å²) in [6.45, 7) is 2.49. The smallest absolute Gasteiger partial charge is 0.253 e. The van der Waals surface area contributed by atoms with Gasteiger partial charge in [-0.05, 0) is 48.7 Å². The number of aromatic amines is 1. The first-order valence-electron chi connectivity index (χ1n) is 8.97. The van der Waals surface area contributed by atoms with E-state index < -0.39 is 10.9 Å². The second-order valence-electron chi connectivity index (χ2n) is 6.69. The Hall–Kier alpha value is -3.61. The summed E-state index contributed by atoms with van der Waals surface area (Å²) in [4.78, 5) is 24.0. The van der Waals surface area contributed by atoms with Crippen LogP contribution in [0.5, 0.6) is 5.75 Å². The number of H-pyrrole nitrogens is 1. The largest absolute Gasteiger partial charge is 0.497 e. The van der Waals surface area contributed by atoms with Crippen molar-refractivity contribution >= 4 is 28.0 Å². The number of hydrogen-bond donors (Lipinski definition) is 3. The molecule has 0 spiro atoms. The van der Waals surface area contributed by atoms with Crippen LogP contribution >= 0.6 is 0 Å². The minimum Gasteiger partial charge on any atom is -0.497 e. The summed E-state index contributed by atoms with van der Waals surface area (Å²) in [6, 6.07) is 11.6. The molecule has 0 saturated heterocycles. The number of rotatable bonds is 7. The van der Waals surface area contributed by atoms with Crippen LogP contribution in [0, 0.1) is 6.92 Å².